The molecule has 1 fully saturated rings. The summed E-state index contributed by atoms with van der Waals surface area (Å²) in [5, 5.41) is 11.3. The summed E-state index contributed by atoms with van der Waals surface area (Å²) in [6, 6.07) is 9.18. The first-order valence-electron chi connectivity index (χ1n) is 10.2. The van der Waals surface area contributed by atoms with E-state index in [4.69, 9.17) is 9.15 Å². The molecule has 1 amide bonds. The SMILES string of the molecule is COc1c(C)cc(C)cc1/C(O)=C1/C(=O)C(=O)N(c2cccc(C(F)(F)F)c2)C1c1ccco1. The molecule has 1 saturated heterocycles. The van der Waals surface area contributed by atoms with Crippen LogP contribution < -0.4 is 9.64 Å². The number of benzene rings is 2. The molecule has 0 aliphatic carbocycles. The number of methoxy groups -OCH3 is 1. The summed E-state index contributed by atoms with van der Waals surface area (Å²) in [5.41, 5.74) is 0.164. The smallest absolute Gasteiger partial charge is 0.416 e. The van der Waals surface area contributed by atoms with E-state index < -0.39 is 35.2 Å². The molecule has 1 aliphatic heterocycles. The number of alkyl halides is 3. The van der Waals surface area contributed by atoms with Gasteiger partial charge in [-0.3, -0.25) is 14.5 Å². The third-order valence-electron chi connectivity index (χ3n) is 5.59. The summed E-state index contributed by atoms with van der Waals surface area (Å²) in [6.45, 7) is 3.54. The highest BCUT2D eigenvalue weighted by atomic mass is 19.4. The molecular weight excluding hydrogens is 451 g/mol. The fourth-order valence-electron chi connectivity index (χ4n) is 4.19. The van der Waals surface area contributed by atoms with Gasteiger partial charge in [-0.15, -0.1) is 0 Å². The summed E-state index contributed by atoms with van der Waals surface area (Å²) >= 11 is 0. The number of hydrogen-bond donors (Lipinski definition) is 1. The van der Waals surface area contributed by atoms with Crippen LogP contribution in [-0.4, -0.2) is 23.9 Å². The van der Waals surface area contributed by atoms with Crippen LogP contribution in [0, 0.1) is 13.8 Å². The summed E-state index contributed by atoms with van der Waals surface area (Å²) in [6.07, 6.45) is -3.35. The molecule has 0 radical (unpaired) electrons. The molecule has 0 saturated carbocycles. The fraction of sp³-hybridized carbons (Fsp3) is 0.200. The quantitative estimate of drug-likeness (QED) is 0.307. The highest BCUT2D eigenvalue weighted by Gasteiger charge is 2.49. The van der Waals surface area contributed by atoms with Gasteiger partial charge in [-0.1, -0.05) is 12.1 Å². The number of carbonyl (C=O) groups is 2. The lowest BCUT2D eigenvalue weighted by Crippen LogP contribution is -2.29. The van der Waals surface area contributed by atoms with Crippen molar-refractivity contribution in [1.82, 2.24) is 0 Å². The van der Waals surface area contributed by atoms with E-state index in [2.05, 4.69) is 0 Å². The van der Waals surface area contributed by atoms with E-state index >= 15 is 0 Å². The summed E-state index contributed by atoms with van der Waals surface area (Å²) < 4.78 is 50.8. The van der Waals surface area contributed by atoms with Crippen LogP contribution in [0.4, 0.5) is 18.9 Å². The number of furan rings is 1. The number of ketones is 1. The number of halogens is 3. The van der Waals surface area contributed by atoms with Crippen LogP contribution in [0.3, 0.4) is 0 Å². The lowest BCUT2D eigenvalue weighted by atomic mass is 9.96. The van der Waals surface area contributed by atoms with Crippen LogP contribution in [0.25, 0.3) is 5.76 Å². The zero-order valence-corrected chi connectivity index (χ0v) is 18.4. The molecule has 4 rings (SSSR count). The average Bonchev–Trinajstić information content (AvgIpc) is 3.39. The molecule has 9 heteroatoms. The van der Waals surface area contributed by atoms with E-state index in [1.165, 1.54) is 31.6 Å². The van der Waals surface area contributed by atoms with Gasteiger partial charge in [-0.05, 0) is 61.4 Å². The van der Waals surface area contributed by atoms with E-state index in [1.54, 1.807) is 19.9 Å². The maximum atomic E-state index is 13.3. The minimum atomic E-state index is -4.66. The molecule has 1 aliphatic rings. The molecule has 1 aromatic heterocycles. The van der Waals surface area contributed by atoms with Crippen molar-refractivity contribution in [1.29, 1.82) is 0 Å². The molecule has 0 bridgehead atoms. The third kappa shape index (κ3) is 3.83. The Morgan fingerprint density at radius 2 is 1.82 bits per heavy atom. The van der Waals surface area contributed by atoms with Crippen molar-refractivity contribution in [2.24, 2.45) is 0 Å². The van der Waals surface area contributed by atoms with Gasteiger partial charge in [0, 0.05) is 5.69 Å². The number of aliphatic hydroxyl groups excluding tert-OH is 1. The van der Waals surface area contributed by atoms with Crippen molar-refractivity contribution < 1.29 is 37.0 Å². The van der Waals surface area contributed by atoms with Gasteiger partial charge >= 0.3 is 6.18 Å². The molecule has 1 unspecified atom stereocenters. The standard InChI is InChI=1S/C25H20F3NO5/c1-13-10-14(2)23(33-3)17(11-13)21(30)19-20(18-8-5-9-34-18)29(24(32)22(19)31)16-7-4-6-15(12-16)25(26,27)28/h4-12,20,30H,1-3H3/b21-19-. The molecule has 6 nitrogen and oxygen atoms in total. The topological polar surface area (TPSA) is 80.0 Å². The van der Waals surface area contributed by atoms with Gasteiger partial charge in [0.05, 0.1) is 30.1 Å². The molecular formula is C25H20F3NO5. The minimum absolute atomic E-state index is 0.0986. The van der Waals surface area contributed by atoms with Crippen LogP contribution in [0.15, 0.2) is 64.8 Å². The first-order chi connectivity index (χ1) is 16.0. The van der Waals surface area contributed by atoms with E-state index in [1.807, 2.05) is 6.07 Å². The molecule has 2 aromatic carbocycles. The maximum Gasteiger partial charge on any atom is 0.416 e. The lowest BCUT2D eigenvalue weighted by Gasteiger charge is -2.24. The first kappa shape index (κ1) is 23.2. The van der Waals surface area contributed by atoms with Gasteiger partial charge in [0.25, 0.3) is 11.7 Å². The summed E-state index contributed by atoms with van der Waals surface area (Å²) in [5.74, 6) is -2.27. The van der Waals surface area contributed by atoms with Gasteiger partial charge in [0.1, 0.15) is 23.3 Å². The van der Waals surface area contributed by atoms with Gasteiger partial charge in [-0.2, -0.15) is 13.2 Å². The van der Waals surface area contributed by atoms with E-state index in [0.717, 1.165) is 28.7 Å². The lowest BCUT2D eigenvalue weighted by molar-refractivity contribution is -0.137. The Morgan fingerprint density at radius 3 is 2.44 bits per heavy atom. The van der Waals surface area contributed by atoms with Gasteiger partial charge in [0.15, 0.2) is 0 Å². The Balaban J connectivity index is 1.97. The number of Topliss-reactive ketones (excluding diaryl/α,β-unsaturated/α-hetero) is 1. The zero-order chi connectivity index (χ0) is 24.8. The van der Waals surface area contributed by atoms with Crippen molar-refractivity contribution in [3.05, 3.63) is 88.4 Å². The zero-order valence-electron chi connectivity index (χ0n) is 18.4. The van der Waals surface area contributed by atoms with Crippen LogP contribution >= 0.6 is 0 Å². The van der Waals surface area contributed by atoms with Crippen molar-refractivity contribution >= 4 is 23.1 Å². The Hall–Kier alpha value is -4.01. The number of carbonyl (C=O) groups excluding carboxylic acids is 2. The summed E-state index contributed by atoms with van der Waals surface area (Å²) in [7, 11) is 1.40. The predicted octanol–water partition coefficient (Wildman–Crippen LogP) is 5.55. The van der Waals surface area contributed by atoms with Gasteiger partial charge in [-0.25, -0.2) is 0 Å². The molecule has 0 spiro atoms. The molecule has 1 atom stereocenters. The number of anilines is 1. The molecule has 176 valence electrons. The van der Waals surface area contributed by atoms with Gasteiger partial charge < -0.3 is 14.3 Å². The highest BCUT2D eigenvalue weighted by Crippen LogP contribution is 2.44. The third-order valence-corrected chi connectivity index (χ3v) is 5.59. The molecule has 3 aromatic rings. The Kier molecular flexibility index (Phi) is 5.72. The minimum Gasteiger partial charge on any atom is -0.507 e. The number of ether oxygens (including phenoxy) is 1. The number of hydrogen-bond acceptors (Lipinski definition) is 5. The monoisotopic (exact) mass is 471 g/mol. The van der Waals surface area contributed by atoms with Crippen LogP contribution in [0.2, 0.25) is 0 Å². The predicted molar refractivity (Wildman–Crippen MR) is 117 cm³/mol. The van der Waals surface area contributed by atoms with E-state index in [0.29, 0.717) is 11.3 Å². The fourth-order valence-corrected chi connectivity index (χ4v) is 4.19. The van der Waals surface area contributed by atoms with Crippen molar-refractivity contribution in [3.8, 4) is 5.75 Å². The second-order valence-corrected chi connectivity index (χ2v) is 7.90. The number of aryl methyl sites for hydroxylation is 2. The highest BCUT2D eigenvalue weighted by molar-refractivity contribution is 6.51. The largest absolute Gasteiger partial charge is 0.507 e. The second kappa shape index (κ2) is 8.40. The number of nitrogens with zero attached hydrogens (tertiary/aromatic N) is 1. The average molecular weight is 471 g/mol. The molecule has 34 heavy (non-hydrogen) atoms. The van der Waals surface area contributed by atoms with Crippen LogP contribution in [-0.2, 0) is 15.8 Å². The Labute approximate surface area is 192 Å². The van der Waals surface area contributed by atoms with Crippen molar-refractivity contribution in [3.63, 3.8) is 0 Å². The van der Waals surface area contributed by atoms with Crippen molar-refractivity contribution in [2.75, 3.05) is 12.0 Å². The number of aliphatic hydroxyl groups is 1. The van der Waals surface area contributed by atoms with Crippen molar-refractivity contribution in [2.45, 2.75) is 26.1 Å². The Bertz CT molecular complexity index is 1310. The number of rotatable bonds is 4. The molecule has 2 heterocycles. The second-order valence-electron chi connectivity index (χ2n) is 7.90. The van der Waals surface area contributed by atoms with Crippen LogP contribution in [0.5, 0.6) is 5.75 Å². The normalized spacial score (nSPS) is 17.9. The van der Waals surface area contributed by atoms with Crippen LogP contribution in [0.1, 0.15) is 34.1 Å². The van der Waals surface area contributed by atoms with Gasteiger partial charge in [0.2, 0.25) is 0 Å². The Morgan fingerprint density at radius 1 is 1.09 bits per heavy atom. The summed E-state index contributed by atoms with van der Waals surface area (Å²) in [4.78, 5) is 27.1. The van der Waals surface area contributed by atoms with E-state index in [9.17, 15) is 27.9 Å². The maximum absolute atomic E-state index is 13.3. The van der Waals surface area contributed by atoms with E-state index in [-0.39, 0.29) is 22.6 Å². The number of amides is 1. The molecule has 1 N–H and O–H groups in total. The first-order valence-corrected chi connectivity index (χ1v) is 10.2.